The summed E-state index contributed by atoms with van der Waals surface area (Å²) in [7, 11) is 3.25. The summed E-state index contributed by atoms with van der Waals surface area (Å²) in [5, 5.41) is 4.19. The molecule has 0 atom stereocenters. The second kappa shape index (κ2) is 8.57. The summed E-state index contributed by atoms with van der Waals surface area (Å²) < 4.78 is 16.0. The Bertz CT molecular complexity index is 1040. The number of hydrogen-bond acceptors (Lipinski definition) is 6. The van der Waals surface area contributed by atoms with E-state index in [1.54, 1.807) is 14.2 Å². The number of aryl methyl sites for hydroxylation is 1. The van der Waals surface area contributed by atoms with E-state index in [1.165, 1.54) is 0 Å². The lowest BCUT2D eigenvalue weighted by atomic mass is 9.95. The minimum Gasteiger partial charge on any atom is -0.497 e. The van der Waals surface area contributed by atoms with E-state index >= 15 is 0 Å². The number of likely N-dealkylation sites (tertiary alicyclic amines) is 1. The van der Waals surface area contributed by atoms with Gasteiger partial charge in [-0.1, -0.05) is 11.2 Å². The van der Waals surface area contributed by atoms with Crippen LogP contribution in [0.2, 0.25) is 0 Å². The maximum Gasteiger partial charge on any atom is 0.258 e. The Hall–Kier alpha value is -3.35. The predicted octanol–water partition coefficient (Wildman–Crippen LogP) is 4.08. The Morgan fingerprint density at radius 3 is 2.50 bits per heavy atom. The van der Waals surface area contributed by atoms with Crippen molar-refractivity contribution in [1.82, 2.24) is 15.0 Å². The van der Waals surface area contributed by atoms with Crippen molar-refractivity contribution in [2.75, 3.05) is 27.3 Å². The van der Waals surface area contributed by atoms with E-state index in [9.17, 15) is 4.79 Å². The SMILES string of the molecule is COc1cccc(-c2nc(C3CCN(C(=O)c4ccc(OC)cc4C)CC3)no2)c1. The summed E-state index contributed by atoms with van der Waals surface area (Å²) in [6.45, 7) is 3.26. The third kappa shape index (κ3) is 4.01. The predicted molar refractivity (Wildman–Crippen MR) is 112 cm³/mol. The van der Waals surface area contributed by atoms with Crippen LogP contribution < -0.4 is 9.47 Å². The van der Waals surface area contributed by atoms with Gasteiger partial charge in [-0.15, -0.1) is 0 Å². The van der Waals surface area contributed by atoms with Crippen molar-refractivity contribution in [2.45, 2.75) is 25.7 Å². The minimum atomic E-state index is 0.0544. The van der Waals surface area contributed by atoms with Gasteiger partial charge in [-0.25, -0.2) is 0 Å². The average Bonchev–Trinajstić information content (AvgIpc) is 3.29. The first-order valence-corrected chi connectivity index (χ1v) is 10.0. The lowest BCUT2D eigenvalue weighted by Crippen LogP contribution is -2.38. The van der Waals surface area contributed by atoms with E-state index in [0.717, 1.165) is 35.5 Å². The fraction of sp³-hybridized carbons (Fsp3) is 0.348. The van der Waals surface area contributed by atoms with Gasteiger partial charge in [0.2, 0.25) is 0 Å². The molecule has 156 valence electrons. The second-order valence-corrected chi connectivity index (χ2v) is 7.44. The van der Waals surface area contributed by atoms with Gasteiger partial charge >= 0.3 is 0 Å². The topological polar surface area (TPSA) is 77.7 Å². The van der Waals surface area contributed by atoms with E-state index < -0.39 is 0 Å². The van der Waals surface area contributed by atoms with Crippen LogP contribution >= 0.6 is 0 Å². The third-order valence-corrected chi connectivity index (χ3v) is 5.57. The van der Waals surface area contributed by atoms with Crippen LogP contribution in [0.5, 0.6) is 11.5 Å². The van der Waals surface area contributed by atoms with Crippen molar-refractivity contribution in [1.29, 1.82) is 0 Å². The molecule has 1 fully saturated rings. The molecule has 0 N–H and O–H groups in total. The first-order valence-electron chi connectivity index (χ1n) is 10.0. The molecule has 7 heteroatoms. The lowest BCUT2D eigenvalue weighted by Gasteiger charge is -2.31. The highest BCUT2D eigenvalue weighted by molar-refractivity contribution is 5.95. The molecule has 0 aliphatic carbocycles. The number of hydrogen-bond donors (Lipinski definition) is 0. The Labute approximate surface area is 175 Å². The van der Waals surface area contributed by atoms with Gasteiger partial charge < -0.3 is 18.9 Å². The van der Waals surface area contributed by atoms with Gasteiger partial charge in [0.1, 0.15) is 11.5 Å². The molecule has 4 rings (SSSR count). The first-order chi connectivity index (χ1) is 14.6. The van der Waals surface area contributed by atoms with Crippen molar-refractivity contribution < 1.29 is 18.8 Å². The van der Waals surface area contributed by atoms with Gasteiger partial charge in [-0.05, 0) is 61.7 Å². The molecule has 0 radical (unpaired) electrons. The highest BCUT2D eigenvalue weighted by atomic mass is 16.5. The molecule has 1 aliphatic heterocycles. The Morgan fingerprint density at radius 1 is 1.07 bits per heavy atom. The van der Waals surface area contributed by atoms with Crippen LogP contribution in [0.15, 0.2) is 47.0 Å². The first kappa shape index (κ1) is 19.9. The molecule has 0 saturated carbocycles. The summed E-state index contributed by atoms with van der Waals surface area (Å²) in [5.74, 6) is 2.91. The Balaban J connectivity index is 1.41. The van der Waals surface area contributed by atoms with Crippen LogP contribution in [-0.4, -0.2) is 48.3 Å². The normalized spacial score (nSPS) is 14.6. The molecular formula is C23H25N3O4. The van der Waals surface area contributed by atoms with Crippen LogP contribution in [0.25, 0.3) is 11.5 Å². The van der Waals surface area contributed by atoms with Crippen molar-refractivity contribution in [3.8, 4) is 23.0 Å². The molecular weight excluding hydrogens is 382 g/mol. The number of benzene rings is 2. The standard InChI is InChI=1S/C23H25N3O4/c1-15-13-19(29-3)7-8-20(15)23(27)26-11-9-16(10-12-26)21-24-22(30-25-21)17-5-4-6-18(14-17)28-2/h4-8,13-14,16H,9-12H2,1-3H3. The number of rotatable bonds is 5. The summed E-state index contributed by atoms with van der Waals surface area (Å²) >= 11 is 0. The van der Waals surface area contributed by atoms with E-state index in [1.807, 2.05) is 54.3 Å². The molecule has 0 unspecified atom stereocenters. The molecule has 1 saturated heterocycles. The molecule has 0 spiro atoms. The van der Waals surface area contributed by atoms with Crippen molar-refractivity contribution in [3.63, 3.8) is 0 Å². The van der Waals surface area contributed by atoms with Crippen LogP contribution in [0.1, 0.15) is 40.5 Å². The van der Waals surface area contributed by atoms with E-state index in [0.29, 0.717) is 30.4 Å². The quantitative estimate of drug-likeness (QED) is 0.634. The van der Waals surface area contributed by atoms with Gasteiger partial charge in [0.25, 0.3) is 11.8 Å². The molecule has 1 amide bonds. The Morgan fingerprint density at radius 2 is 1.80 bits per heavy atom. The molecule has 3 aromatic rings. The second-order valence-electron chi connectivity index (χ2n) is 7.44. The van der Waals surface area contributed by atoms with E-state index in [-0.39, 0.29) is 11.8 Å². The third-order valence-electron chi connectivity index (χ3n) is 5.57. The highest BCUT2D eigenvalue weighted by Gasteiger charge is 2.28. The Kier molecular flexibility index (Phi) is 5.70. The number of nitrogens with zero attached hydrogens (tertiary/aromatic N) is 3. The van der Waals surface area contributed by atoms with Crippen molar-refractivity contribution >= 4 is 5.91 Å². The van der Waals surface area contributed by atoms with Crippen LogP contribution in [0.3, 0.4) is 0 Å². The molecule has 1 aromatic heterocycles. The van der Waals surface area contributed by atoms with E-state index in [4.69, 9.17) is 14.0 Å². The number of carbonyl (C=O) groups is 1. The lowest BCUT2D eigenvalue weighted by molar-refractivity contribution is 0.0710. The van der Waals surface area contributed by atoms with Crippen molar-refractivity contribution in [2.24, 2.45) is 0 Å². The van der Waals surface area contributed by atoms with Gasteiger partial charge in [0.05, 0.1) is 14.2 Å². The minimum absolute atomic E-state index is 0.0544. The van der Waals surface area contributed by atoms with Crippen LogP contribution in [0.4, 0.5) is 0 Å². The van der Waals surface area contributed by atoms with Crippen LogP contribution in [0, 0.1) is 6.92 Å². The fourth-order valence-corrected chi connectivity index (χ4v) is 3.79. The van der Waals surface area contributed by atoms with Crippen molar-refractivity contribution in [3.05, 3.63) is 59.4 Å². The number of aromatic nitrogens is 2. The molecule has 2 heterocycles. The smallest absolute Gasteiger partial charge is 0.258 e. The average molecular weight is 407 g/mol. The monoisotopic (exact) mass is 407 g/mol. The zero-order valence-corrected chi connectivity index (χ0v) is 17.4. The molecule has 0 bridgehead atoms. The zero-order chi connectivity index (χ0) is 21.1. The van der Waals surface area contributed by atoms with Gasteiger partial charge in [-0.2, -0.15) is 4.98 Å². The highest BCUT2D eigenvalue weighted by Crippen LogP contribution is 2.30. The maximum absolute atomic E-state index is 12.9. The number of piperidine rings is 1. The fourth-order valence-electron chi connectivity index (χ4n) is 3.79. The molecule has 1 aliphatic rings. The summed E-state index contributed by atoms with van der Waals surface area (Å²) in [5.41, 5.74) is 2.47. The molecule has 30 heavy (non-hydrogen) atoms. The maximum atomic E-state index is 12.9. The largest absolute Gasteiger partial charge is 0.497 e. The van der Waals surface area contributed by atoms with Crippen LogP contribution in [-0.2, 0) is 0 Å². The molecule has 2 aromatic carbocycles. The number of ether oxygens (including phenoxy) is 2. The summed E-state index contributed by atoms with van der Waals surface area (Å²) in [6, 6.07) is 13.1. The molecule has 7 nitrogen and oxygen atoms in total. The zero-order valence-electron chi connectivity index (χ0n) is 17.4. The summed E-state index contributed by atoms with van der Waals surface area (Å²) in [6.07, 6.45) is 1.61. The number of amides is 1. The van der Waals surface area contributed by atoms with Gasteiger partial charge in [0, 0.05) is 30.1 Å². The van der Waals surface area contributed by atoms with Gasteiger partial charge in [0.15, 0.2) is 5.82 Å². The van der Waals surface area contributed by atoms with Gasteiger partial charge in [-0.3, -0.25) is 4.79 Å². The number of carbonyl (C=O) groups excluding carboxylic acids is 1. The summed E-state index contributed by atoms with van der Waals surface area (Å²) in [4.78, 5) is 19.4. The number of methoxy groups -OCH3 is 2. The van der Waals surface area contributed by atoms with E-state index in [2.05, 4.69) is 10.1 Å².